The van der Waals surface area contributed by atoms with E-state index >= 15 is 0 Å². The zero-order chi connectivity index (χ0) is 28.0. The normalized spacial score (nSPS) is 20.1. The van der Waals surface area contributed by atoms with Gasteiger partial charge in [0.15, 0.2) is 10.8 Å². The molecular weight excluding hydrogens is 524 g/mol. The van der Waals surface area contributed by atoms with Crippen LogP contribution in [0.15, 0.2) is 52.9 Å². The van der Waals surface area contributed by atoms with Crippen molar-refractivity contribution in [3.63, 3.8) is 0 Å². The second kappa shape index (κ2) is 10.8. The maximum Gasteiger partial charge on any atom is 0.236 e. The van der Waals surface area contributed by atoms with E-state index in [2.05, 4.69) is 44.1 Å². The number of anilines is 2. The average molecular weight is 561 g/mol. The fraction of sp³-hybridized carbons (Fsp3) is 0.414. The highest BCUT2D eigenvalue weighted by atomic mass is 32.2. The molecule has 0 spiro atoms. The lowest BCUT2D eigenvalue weighted by Crippen LogP contribution is -2.41. The Morgan fingerprint density at radius 2 is 1.98 bits per heavy atom. The van der Waals surface area contributed by atoms with Crippen LogP contribution in [0, 0.1) is 13.8 Å². The van der Waals surface area contributed by atoms with Crippen LogP contribution in [0.4, 0.5) is 11.5 Å². The number of amides is 1. The van der Waals surface area contributed by atoms with Crippen molar-refractivity contribution in [1.29, 1.82) is 0 Å². The third-order valence-corrected chi connectivity index (χ3v) is 9.52. The van der Waals surface area contributed by atoms with Gasteiger partial charge in [0.25, 0.3) is 0 Å². The molecule has 2 fully saturated rings. The molecule has 0 radical (unpaired) electrons. The monoisotopic (exact) mass is 560 g/mol. The van der Waals surface area contributed by atoms with E-state index in [1.165, 1.54) is 0 Å². The van der Waals surface area contributed by atoms with Crippen LogP contribution in [-0.4, -0.2) is 86.8 Å². The summed E-state index contributed by atoms with van der Waals surface area (Å²) in [5.74, 6) is 0.754. The molecule has 3 aliphatic heterocycles. The van der Waals surface area contributed by atoms with Crippen molar-refractivity contribution >= 4 is 33.9 Å². The minimum atomic E-state index is -1.49. The quantitative estimate of drug-likeness (QED) is 0.490. The number of hydrogen-bond donors (Lipinski definition) is 2. The molecule has 210 valence electrons. The molecule has 3 aromatic rings. The lowest BCUT2D eigenvalue weighted by Gasteiger charge is -2.27. The van der Waals surface area contributed by atoms with Crippen LogP contribution in [0.5, 0.6) is 0 Å². The molecule has 2 aromatic carbocycles. The van der Waals surface area contributed by atoms with E-state index in [4.69, 9.17) is 5.73 Å². The number of aryl methyl sites for hydroxylation is 2. The van der Waals surface area contributed by atoms with Crippen molar-refractivity contribution in [2.24, 2.45) is 5.73 Å². The number of nitrogens with zero attached hydrogens (tertiary/aromatic N) is 6. The molecule has 6 rings (SSSR count). The van der Waals surface area contributed by atoms with Crippen LogP contribution in [0.2, 0.25) is 0 Å². The number of aromatic nitrogens is 3. The number of nitrogens with one attached hydrogen (secondary N) is 1. The van der Waals surface area contributed by atoms with Gasteiger partial charge in [-0.2, -0.15) is 4.68 Å². The number of carbonyl (C=O) groups excluding carboxylic acids is 1. The molecule has 2 saturated heterocycles. The van der Waals surface area contributed by atoms with Gasteiger partial charge in [0, 0.05) is 67.2 Å². The van der Waals surface area contributed by atoms with Crippen LogP contribution >= 0.6 is 0 Å². The summed E-state index contributed by atoms with van der Waals surface area (Å²) in [6.07, 6.45) is 1.85. The van der Waals surface area contributed by atoms with E-state index < -0.39 is 10.8 Å². The highest BCUT2D eigenvalue weighted by Crippen LogP contribution is 2.37. The molecule has 0 saturated carbocycles. The SMILES string of the molecule is C=C1Nc2c(S(=O)c3ccc(C)cc3C)nnn2-c2cc(N3CCCN(CC(=O)N4CCC(N)C4)CC3)ccc21. The molecule has 0 bridgehead atoms. The molecule has 3 aliphatic rings. The molecule has 10 nitrogen and oxygen atoms in total. The van der Waals surface area contributed by atoms with E-state index in [-0.39, 0.29) is 11.9 Å². The van der Waals surface area contributed by atoms with Gasteiger partial charge in [0.05, 0.1) is 12.2 Å². The zero-order valence-electron chi connectivity index (χ0n) is 23.1. The van der Waals surface area contributed by atoms with Crippen molar-refractivity contribution in [3.05, 3.63) is 59.7 Å². The largest absolute Gasteiger partial charge is 0.370 e. The Morgan fingerprint density at radius 1 is 1.12 bits per heavy atom. The number of carbonyl (C=O) groups is 1. The second-order valence-corrected chi connectivity index (χ2v) is 12.4. The minimum absolute atomic E-state index is 0.104. The highest BCUT2D eigenvalue weighted by Gasteiger charge is 2.29. The number of likely N-dealkylation sites (tertiary alicyclic amines) is 1. The molecule has 2 atom stereocenters. The van der Waals surface area contributed by atoms with Gasteiger partial charge in [-0.25, -0.2) is 4.21 Å². The lowest BCUT2D eigenvalue weighted by molar-refractivity contribution is -0.131. The van der Waals surface area contributed by atoms with Crippen LogP contribution in [-0.2, 0) is 15.6 Å². The third-order valence-electron chi connectivity index (χ3n) is 8.04. The summed E-state index contributed by atoms with van der Waals surface area (Å²) >= 11 is 0. The number of nitrogens with two attached hydrogens (primary N) is 1. The van der Waals surface area contributed by atoms with Crippen LogP contribution in [0.3, 0.4) is 0 Å². The maximum absolute atomic E-state index is 13.6. The fourth-order valence-corrected chi connectivity index (χ4v) is 7.00. The summed E-state index contributed by atoms with van der Waals surface area (Å²) in [5.41, 5.74) is 11.7. The van der Waals surface area contributed by atoms with Crippen molar-refractivity contribution < 1.29 is 9.00 Å². The lowest BCUT2D eigenvalue weighted by atomic mass is 10.1. The molecule has 1 aromatic heterocycles. The predicted molar refractivity (Wildman–Crippen MR) is 157 cm³/mol. The fourth-order valence-electron chi connectivity index (χ4n) is 5.83. The Hall–Kier alpha value is -3.54. The van der Waals surface area contributed by atoms with E-state index in [1.54, 1.807) is 4.68 Å². The number of benzene rings is 2. The predicted octanol–water partition coefficient (Wildman–Crippen LogP) is 2.52. The Morgan fingerprint density at radius 3 is 2.75 bits per heavy atom. The van der Waals surface area contributed by atoms with Gasteiger partial charge >= 0.3 is 0 Å². The molecular formula is C29H36N8O2S. The van der Waals surface area contributed by atoms with Gasteiger partial charge in [-0.1, -0.05) is 29.5 Å². The summed E-state index contributed by atoms with van der Waals surface area (Å²) in [7, 11) is -1.49. The van der Waals surface area contributed by atoms with E-state index in [1.807, 2.05) is 43.0 Å². The standard InChI is InChI=1S/C29H36N8O2S/c1-19-5-8-26(20(2)15-19)40(39)29-28-31-21(3)24-7-6-23(16-25(24)37(28)33-32-29)35-11-4-10-34(13-14-35)18-27(38)36-12-9-22(30)17-36/h5-8,15-16,22,31H,3-4,9-14,17-18,30H2,1-2H3. The van der Waals surface area contributed by atoms with Crippen LogP contribution in [0.25, 0.3) is 11.4 Å². The Balaban J connectivity index is 1.21. The Bertz CT molecular complexity index is 1500. The first-order valence-electron chi connectivity index (χ1n) is 13.8. The first kappa shape index (κ1) is 26.7. The van der Waals surface area contributed by atoms with Gasteiger partial charge in [0.2, 0.25) is 5.91 Å². The Labute approximate surface area is 237 Å². The first-order chi connectivity index (χ1) is 19.3. The maximum atomic E-state index is 13.6. The van der Waals surface area contributed by atoms with E-state index in [0.717, 1.165) is 84.2 Å². The zero-order valence-corrected chi connectivity index (χ0v) is 23.9. The van der Waals surface area contributed by atoms with Gasteiger partial charge in [0.1, 0.15) is 10.8 Å². The molecule has 11 heteroatoms. The van der Waals surface area contributed by atoms with Crippen molar-refractivity contribution in [2.45, 2.75) is 42.7 Å². The number of hydrogen-bond acceptors (Lipinski definition) is 8. The topological polar surface area (TPSA) is 113 Å². The highest BCUT2D eigenvalue weighted by molar-refractivity contribution is 7.85. The summed E-state index contributed by atoms with van der Waals surface area (Å²) in [6.45, 7) is 13.5. The number of fused-ring (bicyclic) bond motifs is 3. The molecule has 4 heterocycles. The molecule has 1 amide bonds. The van der Waals surface area contributed by atoms with Crippen molar-refractivity contribution in [3.8, 4) is 5.69 Å². The van der Waals surface area contributed by atoms with E-state index in [9.17, 15) is 9.00 Å². The molecule has 3 N–H and O–H groups in total. The second-order valence-electron chi connectivity index (χ2n) is 11.0. The van der Waals surface area contributed by atoms with Gasteiger partial charge in [-0.05, 0) is 56.5 Å². The summed E-state index contributed by atoms with van der Waals surface area (Å²) in [5, 5.41) is 12.4. The summed E-state index contributed by atoms with van der Waals surface area (Å²) < 4.78 is 15.3. The van der Waals surface area contributed by atoms with Gasteiger partial charge < -0.3 is 20.9 Å². The molecule has 0 aliphatic carbocycles. The van der Waals surface area contributed by atoms with Crippen LogP contribution < -0.4 is 16.0 Å². The minimum Gasteiger partial charge on any atom is -0.370 e. The Kier molecular flexibility index (Phi) is 7.20. The summed E-state index contributed by atoms with van der Waals surface area (Å²) in [4.78, 5) is 20.0. The van der Waals surface area contributed by atoms with E-state index in [0.29, 0.717) is 23.9 Å². The molecule has 40 heavy (non-hydrogen) atoms. The smallest absolute Gasteiger partial charge is 0.236 e. The summed E-state index contributed by atoms with van der Waals surface area (Å²) in [6, 6.07) is 12.2. The molecule has 2 unspecified atom stereocenters. The van der Waals surface area contributed by atoms with Gasteiger partial charge in [-0.15, -0.1) is 5.10 Å². The van der Waals surface area contributed by atoms with Crippen molar-refractivity contribution in [2.75, 3.05) is 56.0 Å². The first-order valence-corrected chi connectivity index (χ1v) is 15.0. The third kappa shape index (κ3) is 5.04. The van der Waals surface area contributed by atoms with Crippen molar-refractivity contribution in [1.82, 2.24) is 24.8 Å². The van der Waals surface area contributed by atoms with Crippen LogP contribution in [0.1, 0.15) is 29.5 Å². The van der Waals surface area contributed by atoms with Gasteiger partial charge in [-0.3, -0.25) is 9.69 Å². The average Bonchev–Trinajstić information content (AvgIpc) is 3.49. The number of rotatable bonds is 5.